The van der Waals surface area contributed by atoms with Crippen molar-refractivity contribution in [3.8, 4) is 0 Å². The molecule has 0 radical (unpaired) electrons. The van der Waals surface area contributed by atoms with Crippen LogP contribution in [0.3, 0.4) is 0 Å². The second-order valence-electron chi connectivity index (χ2n) is 2.28. The van der Waals surface area contributed by atoms with Crippen LogP contribution in [0.2, 0.25) is 0 Å². The minimum Gasteiger partial charge on any atom is -0.258 e. The van der Waals surface area contributed by atoms with Crippen LogP contribution < -0.4 is 0 Å². The van der Waals surface area contributed by atoms with Gasteiger partial charge in [0.25, 0.3) is 9.05 Å². The molecular formula is C6H3ClFNO4S. The van der Waals surface area contributed by atoms with Crippen molar-refractivity contribution in [2.24, 2.45) is 0 Å². The number of nitro groups is 1. The minimum atomic E-state index is -4.31. The van der Waals surface area contributed by atoms with Crippen LogP contribution >= 0.6 is 10.7 Å². The maximum atomic E-state index is 12.9. The predicted octanol–water partition coefficient (Wildman–Crippen LogP) is 1.66. The Morgan fingerprint density at radius 3 is 2.36 bits per heavy atom. The van der Waals surface area contributed by atoms with Crippen molar-refractivity contribution in [3.05, 3.63) is 34.1 Å². The van der Waals surface area contributed by atoms with Gasteiger partial charge in [0.15, 0.2) is 4.90 Å². The molecule has 5 nitrogen and oxygen atoms in total. The highest BCUT2D eigenvalue weighted by Gasteiger charge is 2.27. The number of para-hydroxylation sites is 1. The summed E-state index contributed by atoms with van der Waals surface area (Å²) in [6.07, 6.45) is 0. The van der Waals surface area contributed by atoms with Crippen LogP contribution in [-0.2, 0) is 9.05 Å². The number of rotatable bonds is 2. The summed E-state index contributed by atoms with van der Waals surface area (Å²) in [6, 6.07) is 2.67. The van der Waals surface area contributed by atoms with Crippen LogP contribution in [0.5, 0.6) is 0 Å². The second kappa shape index (κ2) is 3.50. The Morgan fingerprint density at radius 2 is 2.00 bits per heavy atom. The molecule has 1 rings (SSSR count). The lowest BCUT2D eigenvalue weighted by atomic mass is 10.3. The van der Waals surface area contributed by atoms with Gasteiger partial charge in [0, 0.05) is 10.7 Å². The zero-order chi connectivity index (χ0) is 10.9. The quantitative estimate of drug-likeness (QED) is 0.447. The maximum absolute atomic E-state index is 12.9. The molecule has 76 valence electrons. The zero-order valence-electron chi connectivity index (χ0n) is 6.48. The normalized spacial score (nSPS) is 11.3. The van der Waals surface area contributed by atoms with Crippen molar-refractivity contribution >= 4 is 25.4 Å². The molecule has 0 amide bonds. The summed E-state index contributed by atoms with van der Waals surface area (Å²) in [4.78, 5) is 8.35. The van der Waals surface area contributed by atoms with Crippen molar-refractivity contribution in [2.75, 3.05) is 0 Å². The van der Waals surface area contributed by atoms with E-state index in [1.54, 1.807) is 0 Å². The molecule has 0 atom stereocenters. The molecule has 0 spiro atoms. The molecule has 0 aliphatic rings. The summed E-state index contributed by atoms with van der Waals surface area (Å²) in [6.45, 7) is 0. The Hall–Kier alpha value is -1.21. The Kier molecular flexibility index (Phi) is 2.72. The van der Waals surface area contributed by atoms with E-state index in [-0.39, 0.29) is 0 Å². The Bertz CT molecular complexity index is 487. The van der Waals surface area contributed by atoms with E-state index in [0.29, 0.717) is 0 Å². The molecule has 1 aromatic carbocycles. The van der Waals surface area contributed by atoms with Crippen LogP contribution in [0.25, 0.3) is 0 Å². The Balaban J connectivity index is 3.61. The molecule has 0 N–H and O–H groups in total. The van der Waals surface area contributed by atoms with Gasteiger partial charge in [-0.1, -0.05) is 6.07 Å². The fraction of sp³-hybridized carbons (Fsp3) is 0. The molecular weight excluding hydrogens is 237 g/mol. The second-order valence-corrected chi connectivity index (χ2v) is 4.82. The highest BCUT2D eigenvalue weighted by atomic mass is 35.7. The molecule has 0 unspecified atom stereocenters. The van der Waals surface area contributed by atoms with Crippen LogP contribution in [0.1, 0.15) is 0 Å². The molecule has 0 aromatic heterocycles. The molecule has 1 aromatic rings. The van der Waals surface area contributed by atoms with Gasteiger partial charge < -0.3 is 0 Å². The SMILES string of the molecule is O=[N+]([O-])c1c(F)cccc1S(=O)(=O)Cl. The third kappa shape index (κ3) is 1.99. The monoisotopic (exact) mass is 239 g/mol. The Labute approximate surface area is 82.7 Å². The highest BCUT2D eigenvalue weighted by Crippen LogP contribution is 2.28. The molecule has 8 heteroatoms. The van der Waals surface area contributed by atoms with Crippen molar-refractivity contribution in [2.45, 2.75) is 4.90 Å². The number of nitro benzene ring substituents is 1. The zero-order valence-corrected chi connectivity index (χ0v) is 8.05. The lowest BCUT2D eigenvalue weighted by Crippen LogP contribution is -2.01. The van der Waals surface area contributed by atoms with Crippen LogP contribution in [-0.4, -0.2) is 13.3 Å². The van der Waals surface area contributed by atoms with E-state index in [0.717, 1.165) is 18.2 Å². The largest absolute Gasteiger partial charge is 0.324 e. The average molecular weight is 240 g/mol. The number of nitrogens with zero attached hydrogens (tertiary/aromatic N) is 1. The van der Waals surface area contributed by atoms with Gasteiger partial charge in [0.1, 0.15) is 0 Å². The van der Waals surface area contributed by atoms with Gasteiger partial charge in [-0.15, -0.1) is 0 Å². The number of benzene rings is 1. The maximum Gasteiger partial charge on any atom is 0.324 e. The fourth-order valence-corrected chi connectivity index (χ4v) is 1.89. The van der Waals surface area contributed by atoms with Gasteiger partial charge in [-0.2, -0.15) is 4.39 Å². The van der Waals surface area contributed by atoms with Crippen molar-refractivity contribution < 1.29 is 17.7 Å². The first-order valence-corrected chi connectivity index (χ1v) is 5.52. The molecule has 0 saturated carbocycles. The molecule has 0 fully saturated rings. The molecule has 0 aliphatic carbocycles. The topological polar surface area (TPSA) is 77.3 Å². The van der Waals surface area contributed by atoms with E-state index in [2.05, 4.69) is 0 Å². The minimum absolute atomic E-state index is 0.781. The lowest BCUT2D eigenvalue weighted by molar-refractivity contribution is -0.390. The molecule has 0 saturated heterocycles. The molecule has 14 heavy (non-hydrogen) atoms. The third-order valence-electron chi connectivity index (χ3n) is 1.40. The fourth-order valence-electron chi connectivity index (χ4n) is 0.869. The van der Waals surface area contributed by atoms with Gasteiger partial charge in [0.05, 0.1) is 4.92 Å². The van der Waals surface area contributed by atoms with Gasteiger partial charge in [-0.25, -0.2) is 8.42 Å². The van der Waals surface area contributed by atoms with E-state index < -0.39 is 30.4 Å². The van der Waals surface area contributed by atoms with Crippen molar-refractivity contribution in [1.29, 1.82) is 0 Å². The predicted molar refractivity (Wildman–Crippen MR) is 46.1 cm³/mol. The number of halogens is 2. The first-order valence-electron chi connectivity index (χ1n) is 3.21. The van der Waals surface area contributed by atoms with Gasteiger partial charge in [-0.3, -0.25) is 10.1 Å². The summed E-state index contributed by atoms with van der Waals surface area (Å²) in [5, 5.41) is 10.3. The van der Waals surface area contributed by atoms with E-state index in [1.807, 2.05) is 0 Å². The van der Waals surface area contributed by atoms with Crippen molar-refractivity contribution in [3.63, 3.8) is 0 Å². The first-order chi connectivity index (χ1) is 6.34. The van der Waals surface area contributed by atoms with E-state index in [9.17, 15) is 22.9 Å². The van der Waals surface area contributed by atoms with Crippen molar-refractivity contribution in [1.82, 2.24) is 0 Å². The van der Waals surface area contributed by atoms with E-state index in [4.69, 9.17) is 10.7 Å². The van der Waals surface area contributed by atoms with Crippen LogP contribution in [0.15, 0.2) is 23.1 Å². The van der Waals surface area contributed by atoms with E-state index in [1.165, 1.54) is 0 Å². The summed E-state index contributed by atoms with van der Waals surface area (Å²) in [5.41, 5.74) is -1.14. The smallest absolute Gasteiger partial charge is 0.258 e. The summed E-state index contributed by atoms with van der Waals surface area (Å²) >= 11 is 0. The third-order valence-corrected chi connectivity index (χ3v) is 2.75. The summed E-state index contributed by atoms with van der Waals surface area (Å²) < 4.78 is 34.5. The standard InChI is InChI=1S/C6H3ClFNO4S/c7-14(12,13)5-3-1-2-4(8)6(5)9(10)11/h1-3H. The van der Waals surface area contributed by atoms with Crippen LogP contribution in [0, 0.1) is 15.9 Å². The first kappa shape index (κ1) is 10.9. The number of hydrogen-bond acceptors (Lipinski definition) is 4. The molecule has 0 aliphatic heterocycles. The summed E-state index contributed by atoms with van der Waals surface area (Å²) in [5.74, 6) is -1.24. The van der Waals surface area contributed by atoms with Gasteiger partial charge in [0.2, 0.25) is 5.82 Å². The molecule has 0 bridgehead atoms. The average Bonchev–Trinajstić information content (AvgIpc) is 2.01. The van der Waals surface area contributed by atoms with Gasteiger partial charge in [-0.05, 0) is 12.1 Å². The lowest BCUT2D eigenvalue weighted by Gasteiger charge is -1.98. The molecule has 0 heterocycles. The summed E-state index contributed by atoms with van der Waals surface area (Å²) in [7, 11) is 0.570. The van der Waals surface area contributed by atoms with Crippen LogP contribution in [0.4, 0.5) is 10.1 Å². The van der Waals surface area contributed by atoms with Gasteiger partial charge >= 0.3 is 5.69 Å². The number of hydrogen-bond donors (Lipinski definition) is 0. The Morgan fingerprint density at radius 1 is 1.43 bits per heavy atom. The highest BCUT2D eigenvalue weighted by molar-refractivity contribution is 8.13. The van der Waals surface area contributed by atoms with E-state index >= 15 is 0 Å².